The van der Waals surface area contributed by atoms with E-state index in [0.29, 0.717) is 18.7 Å². The molecule has 0 spiro atoms. The minimum atomic E-state index is -0.518. The minimum absolute atomic E-state index is 0.105. The van der Waals surface area contributed by atoms with Crippen molar-refractivity contribution in [3.63, 3.8) is 0 Å². The van der Waals surface area contributed by atoms with Crippen LogP contribution < -0.4 is 15.8 Å². The number of carbonyl (C=O) groups excluding carboxylic acids is 3. The summed E-state index contributed by atoms with van der Waals surface area (Å²) < 4.78 is 5.52. The lowest BCUT2D eigenvalue weighted by molar-refractivity contribution is -0.137. The minimum Gasteiger partial charge on any atom is -0.483 e. The third kappa shape index (κ3) is 5.20. The van der Waals surface area contributed by atoms with E-state index in [1.807, 2.05) is 32.0 Å². The van der Waals surface area contributed by atoms with Crippen LogP contribution >= 0.6 is 0 Å². The van der Waals surface area contributed by atoms with E-state index in [0.717, 1.165) is 17.5 Å². The van der Waals surface area contributed by atoms with Gasteiger partial charge in [0.25, 0.3) is 5.91 Å². The standard InChI is InChI=1S/C18H25N3O4/c1-12-5-6-13(2)15(10-12)25-11-16(22)20-8-7-17(23)21-9-3-4-14(21)18(19)24/h5-6,10,14H,3-4,7-9,11H2,1-2H3,(H2,19,24)(H,20,22). The van der Waals surface area contributed by atoms with E-state index in [-0.39, 0.29) is 31.4 Å². The fourth-order valence-electron chi connectivity index (χ4n) is 2.87. The number of hydrogen-bond donors (Lipinski definition) is 2. The quantitative estimate of drug-likeness (QED) is 0.756. The lowest BCUT2D eigenvalue weighted by Gasteiger charge is -2.22. The molecule has 0 aromatic heterocycles. The van der Waals surface area contributed by atoms with Crippen molar-refractivity contribution in [3.05, 3.63) is 29.3 Å². The molecule has 1 heterocycles. The Morgan fingerprint density at radius 1 is 1.32 bits per heavy atom. The zero-order valence-electron chi connectivity index (χ0n) is 14.7. The van der Waals surface area contributed by atoms with Gasteiger partial charge >= 0.3 is 0 Å². The number of nitrogens with two attached hydrogens (primary N) is 1. The number of ether oxygens (including phenoxy) is 1. The largest absolute Gasteiger partial charge is 0.483 e. The van der Waals surface area contributed by atoms with Crippen molar-refractivity contribution in [2.24, 2.45) is 5.73 Å². The molecule has 1 unspecified atom stereocenters. The molecule has 0 saturated carbocycles. The van der Waals surface area contributed by atoms with Gasteiger partial charge in [-0.15, -0.1) is 0 Å². The number of aryl methyl sites for hydroxylation is 2. The van der Waals surface area contributed by atoms with Gasteiger partial charge in [0.15, 0.2) is 6.61 Å². The highest BCUT2D eigenvalue weighted by molar-refractivity contribution is 5.87. The summed E-state index contributed by atoms with van der Waals surface area (Å²) in [6, 6.07) is 5.28. The highest BCUT2D eigenvalue weighted by Gasteiger charge is 2.32. The molecule has 1 saturated heterocycles. The van der Waals surface area contributed by atoms with Crippen LogP contribution in [0.15, 0.2) is 18.2 Å². The van der Waals surface area contributed by atoms with Crippen LogP contribution in [0.3, 0.4) is 0 Å². The molecule has 1 aliphatic rings. The average Bonchev–Trinajstić information content (AvgIpc) is 3.05. The Morgan fingerprint density at radius 3 is 2.80 bits per heavy atom. The molecule has 1 aromatic carbocycles. The van der Waals surface area contributed by atoms with Gasteiger partial charge in [-0.25, -0.2) is 0 Å². The van der Waals surface area contributed by atoms with Gasteiger partial charge in [-0.2, -0.15) is 0 Å². The Labute approximate surface area is 147 Å². The van der Waals surface area contributed by atoms with Crippen molar-refractivity contribution in [2.45, 2.75) is 39.2 Å². The van der Waals surface area contributed by atoms with Crippen molar-refractivity contribution in [1.82, 2.24) is 10.2 Å². The van der Waals surface area contributed by atoms with E-state index in [1.54, 1.807) is 0 Å². The molecule has 3 amide bonds. The molecule has 1 fully saturated rings. The number of primary amides is 1. The van der Waals surface area contributed by atoms with Gasteiger partial charge < -0.3 is 20.7 Å². The summed E-state index contributed by atoms with van der Waals surface area (Å²) >= 11 is 0. The number of carbonyl (C=O) groups is 3. The maximum absolute atomic E-state index is 12.1. The molecular formula is C18H25N3O4. The van der Waals surface area contributed by atoms with Gasteiger partial charge in [0.1, 0.15) is 11.8 Å². The van der Waals surface area contributed by atoms with Gasteiger partial charge in [0.2, 0.25) is 11.8 Å². The monoisotopic (exact) mass is 347 g/mol. The molecule has 3 N–H and O–H groups in total. The van der Waals surface area contributed by atoms with E-state index >= 15 is 0 Å². The number of likely N-dealkylation sites (tertiary alicyclic amines) is 1. The highest BCUT2D eigenvalue weighted by Crippen LogP contribution is 2.19. The van der Waals surface area contributed by atoms with E-state index in [4.69, 9.17) is 10.5 Å². The first-order valence-electron chi connectivity index (χ1n) is 8.44. The average molecular weight is 347 g/mol. The number of nitrogens with one attached hydrogen (secondary N) is 1. The van der Waals surface area contributed by atoms with Crippen molar-refractivity contribution < 1.29 is 19.1 Å². The predicted octanol–water partition coefficient (Wildman–Crippen LogP) is 0.665. The molecule has 1 atom stereocenters. The SMILES string of the molecule is Cc1ccc(C)c(OCC(=O)NCCC(=O)N2CCCC2C(N)=O)c1. The van der Waals surface area contributed by atoms with Crippen LogP contribution in [-0.4, -0.2) is 48.4 Å². The summed E-state index contributed by atoms with van der Waals surface area (Å²) in [5.74, 6) is -0.261. The third-order valence-electron chi connectivity index (χ3n) is 4.27. The molecular weight excluding hydrogens is 322 g/mol. The molecule has 1 aliphatic heterocycles. The first-order chi connectivity index (χ1) is 11.9. The molecule has 0 aliphatic carbocycles. The normalized spacial score (nSPS) is 16.6. The maximum atomic E-state index is 12.1. The van der Waals surface area contributed by atoms with Crippen molar-refractivity contribution in [2.75, 3.05) is 19.7 Å². The summed E-state index contributed by atoms with van der Waals surface area (Å²) in [7, 11) is 0. The second kappa shape index (κ2) is 8.50. The molecule has 0 radical (unpaired) electrons. The Balaban J connectivity index is 1.72. The van der Waals surface area contributed by atoms with E-state index in [2.05, 4.69) is 5.32 Å². The van der Waals surface area contributed by atoms with E-state index < -0.39 is 11.9 Å². The van der Waals surface area contributed by atoms with E-state index in [9.17, 15) is 14.4 Å². The lowest BCUT2D eigenvalue weighted by Crippen LogP contribution is -2.44. The van der Waals surface area contributed by atoms with Crippen molar-refractivity contribution in [1.29, 1.82) is 0 Å². The highest BCUT2D eigenvalue weighted by atomic mass is 16.5. The van der Waals surface area contributed by atoms with Gasteiger partial charge in [0.05, 0.1) is 0 Å². The zero-order chi connectivity index (χ0) is 18.4. The smallest absolute Gasteiger partial charge is 0.257 e. The first kappa shape index (κ1) is 18.8. The first-order valence-corrected chi connectivity index (χ1v) is 8.44. The maximum Gasteiger partial charge on any atom is 0.257 e. The summed E-state index contributed by atoms with van der Waals surface area (Å²) in [5.41, 5.74) is 7.32. The van der Waals surface area contributed by atoms with Crippen molar-refractivity contribution in [3.8, 4) is 5.75 Å². The molecule has 2 rings (SSSR count). The van der Waals surface area contributed by atoms with E-state index in [1.165, 1.54) is 4.90 Å². The second-order valence-corrected chi connectivity index (χ2v) is 6.31. The van der Waals surface area contributed by atoms with Crippen LogP contribution in [0.25, 0.3) is 0 Å². The van der Waals surface area contributed by atoms with Crippen LogP contribution in [0.2, 0.25) is 0 Å². The van der Waals surface area contributed by atoms with Gasteiger partial charge in [-0.3, -0.25) is 14.4 Å². The lowest BCUT2D eigenvalue weighted by atomic mass is 10.1. The fraction of sp³-hybridized carbons (Fsp3) is 0.500. The number of benzene rings is 1. The van der Waals surface area contributed by atoms with Crippen LogP contribution in [0, 0.1) is 13.8 Å². The topological polar surface area (TPSA) is 102 Å². The molecule has 136 valence electrons. The Bertz CT molecular complexity index is 660. The second-order valence-electron chi connectivity index (χ2n) is 6.31. The Kier molecular flexibility index (Phi) is 6.38. The summed E-state index contributed by atoms with van der Waals surface area (Å²) in [5, 5.41) is 2.66. The van der Waals surface area contributed by atoms with Gasteiger partial charge in [-0.1, -0.05) is 12.1 Å². The van der Waals surface area contributed by atoms with Crippen LogP contribution in [0.4, 0.5) is 0 Å². The molecule has 0 bridgehead atoms. The fourth-order valence-corrected chi connectivity index (χ4v) is 2.87. The predicted molar refractivity (Wildman–Crippen MR) is 93.0 cm³/mol. The van der Waals surface area contributed by atoms with Crippen LogP contribution in [0.5, 0.6) is 5.75 Å². The summed E-state index contributed by atoms with van der Waals surface area (Å²) in [6.07, 6.45) is 1.52. The van der Waals surface area contributed by atoms with Crippen molar-refractivity contribution >= 4 is 17.7 Å². The zero-order valence-corrected chi connectivity index (χ0v) is 14.7. The number of rotatable bonds is 7. The molecule has 7 heteroatoms. The third-order valence-corrected chi connectivity index (χ3v) is 4.27. The van der Waals surface area contributed by atoms with Crippen LogP contribution in [0.1, 0.15) is 30.4 Å². The van der Waals surface area contributed by atoms with Crippen LogP contribution in [-0.2, 0) is 14.4 Å². The molecule has 1 aromatic rings. The number of nitrogens with zero attached hydrogens (tertiary/aromatic N) is 1. The summed E-state index contributed by atoms with van der Waals surface area (Å²) in [4.78, 5) is 36.8. The van der Waals surface area contributed by atoms with Gasteiger partial charge in [0, 0.05) is 19.5 Å². The Morgan fingerprint density at radius 2 is 2.08 bits per heavy atom. The number of hydrogen-bond acceptors (Lipinski definition) is 4. The molecule has 25 heavy (non-hydrogen) atoms. The summed E-state index contributed by atoms with van der Waals surface area (Å²) in [6.45, 7) is 4.50. The Hall–Kier alpha value is -2.57. The number of amides is 3. The van der Waals surface area contributed by atoms with Gasteiger partial charge in [-0.05, 0) is 43.9 Å². The molecule has 7 nitrogen and oxygen atoms in total.